The molecule has 1 aliphatic heterocycles. The molecule has 2 aromatic carbocycles. The maximum atomic E-state index is 6.46. The van der Waals surface area contributed by atoms with Gasteiger partial charge in [-0.2, -0.15) is 0 Å². The van der Waals surface area contributed by atoms with E-state index in [1.807, 2.05) is 48.5 Å². The number of pyridine rings is 1. The average Bonchev–Trinajstić information content (AvgIpc) is 3.46. The van der Waals surface area contributed by atoms with Crippen LogP contribution in [-0.2, 0) is 6.42 Å². The molecule has 0 unspecified atom stereocenters. The molecular formula is C27H24ClN3OS. The Morgan fingerprint density at radius 2 is 1.88 bits per heavy atom. The van der Waals surface area contributed by atoms with E-state index in [9.17, 15) is 0 Å². The second kappa shape index (κ2) is 9.00. The summed E-state index contributed by atoms with van der Waals surface area (Å²) in [5.41, 5.74) is 5.30. The molecule has 33 heavy (non-hydrogen) atoms. The molecule has 166 valence electrons. The number of nitrogens with zero attached hydrogens (tertiary/aromatic N) is 2. The van der Waals surface area contributed by atoms with Gasteiger partial charge in [0.2, 0.25) is 0 Å². The van der Waals surface area contributed by atoms with Crippen LogP contribution in [0.1, 0.15) is 41.6 Å². The van der Waals surface area contributed by atoms with Gasteiger partial charge in [-0.1, -0.05) is 42.8 Å². The number of aromatic nitrogens is 1. The van der Waals surface area contributed by atoms with Crippen LogP contribution in [0.2, 0.25) is 5.02 Å². The first-order valence-electron chi connectivity index (χ1n) is 11.0. The maximum Gasteiger partial charge on any atom is 0.174 e. The highest BCUT2D eigenvalue weighted by atomic mass is 35.5. The van der Waals surface area contributed by atoms with Gasteiger partial charge in [-0.15, -0.1) is 0 Å². The molecule has 6 heteroatoms. The second-order valence-electron chi connectivity index (χ2n) is 8.18. The predicted molar refractivity (Wildman–Crippen MR) is 138 cm³/mol. The molecule has 0 radical (unpaired) electrons. The fourth-order valence-electron chi connectivity index (χ4n) is 4.33. The summed E-state index contributed by atoms with van der Waals surface area (Å²) < 4.78 is 6.46. The molecule has 1 fully saturated rings. The minimum absolute atomic E-state index is 0.149. The number of thiocarbonyl (C=S) groups is 1. The largest absolute Gasteiger partial charge is 0.459 e. The zero-order valence-electron chi connectivity index (χ0n) is 18.5. The molecule has 2 aromatic heterocycles. The molecule has 0 bridgehead atoms. The number of hydrogen-bond donors (Lipinski definition) is 1. The van der Waals surface area contributed by atoms with Gasteiger partial charge < -0.3 is 14.6 Å². The average molecular weight is 474 g/mol. The van der Waals surface area contributed by atoms with Crippen LogP contribution >= 0.6 is 23.8 Å². The van der Waals surface area contributed by atoms with E-state index in [4.69, 9.17) is 28.2 Å². The summed E-state index contributed by atoms with van der Waals surface area (Å²) in [6, 6.07) is 24.0. The Balaban J connectivity index is 1.60. The van der Waals surface area contributed by atoms with Gasteiger partial charge in [0.05, 0.1) is 11.7 Å². The van der Waals surface area contributed by atoms with E-state index in [-0.39, 0.29) is 12.1 Å². The molecule has 0 spiro atoms. The number of furan rings is 1. The maximum absolute atomic E-state index is 6.46. The zero-order valence-corrected chi connectivity index (χ0v) is 20.0. The van der Waals surface area contributed by atoms with Gasteiger partial charge in [-0.3, -0.25) is 4.98 Å². The second-order valence-corrected chi connectivity index (χ2v) is 9.00. The lowest BCUT2D eigenvalue weighted by molar-refractivity contribution is 0.439. The Hall–Kier alpha value is -3.15. The smallest absolute Gasteiger partial charge is 0.174 e. The van der Waals surface area contributed by atoms with Gasteiger partial charge in [0.25, 0.3) is 0 Å². The molecule has 2 atom stereocenters. The third-order valence-electron chi connectivity index (χ3n) is 6.10. The Kier molecular flexibility index (Phi) is 5.92. The third kappa shape index (κ3) is 4.14. The third-order valence-corrected chi connectivity index (χ3v) is 6.65. The number of hydrogen-bond acceptors (Lipinski definition) is 3. The van der Waals surface area contributed by atoms with E-state index in [0.29, 0.717) is 10.1 Å². The molecule has 3 heterocycles. The summed E-state index contributed by atoms with van der Waals surface area (Å²) in [5, 5.41) is 4.81. The lowest BCUT2D eigenvalue weighted by atomic mass is 10.0. The topological polar surface area (TPSA) is 41.3 Å². The first kappa shape index (κ1) is 21.7. The van der Waals surface area contributed by atoms with E-state index in [2.05, 4.69) is 53.3 Å². The van der Waals surface area contributed by atoms with E-state index in [1.54, 1.807) is 6.20 Å². The van der Waals surface area contributed by atoms with Gasteiger partial charge in [0.1, 0.15) is 17.6 Å². The molecule has 1 aliphatic rings. The van der Waals surface area contributed by atoms with Crippen LogP contribution in [0.15, 0.2) is 83.4 Å². The van der Waals surface area contributed by atoms with Crippen molar-refractivity contribution in [2.75, 3.05) is 4.90 Å². The first-order valence-corrected chi connectivity index (χ1v) is 11.8. The molecule has 1 saturated heterocycles. The number of nitrogens with one attached hydrogen (secondary N) is 1. The van der Waals surface area contributed by atoms with Crippen molar-refractivity contribution in [1.29, 1.82) is 0 Å². The molecule has 4 aromatic rings. The molecule has 4 nitrogen and oxygen atoms in total. The Morgan fingerprint density at radius 1 is 1.06 bits per heavy atom. The van der Waals surface area contributed by atoms with E-state index >= 15 is 0 Å². The van der Waals surface area contributed by atoms with Crippen molar-refractivity contribution in [1.82, 2.24) is 10.3 Å². The Labute approximate surface area is 204 Å². The van der Waals surface area contributed by atoms with Crippen LogP contribution in [-0.4, -0.2) is 10.1 Å². The van der Waals surface area contributed by atoms with Crippen molar-refractivity contribution >= 4 is 34.6 Å². The minimum Gasteiger partial charge on any atom is -0.459 e. The fourth-order valence-corrected chi connectivity index (χ4v) is 4.85. The molecule has 0 amide bonds. The van der Waals surface area contributed by atoms with Crippen molar-refractivity contribution in [3.05, 3.63) is 107 Å². The van der Waals surface area contributed by atoms with Crippen molar-refractivity contribution in [2.24, 2.45) is 0 Å². The van der Waals surface area contributed by atoms with Crippen LogP contribution in [0.5, 0.6) is 0 Å². The Bertz CT molecular complexity index is 1290. The SMILES string of the molecule is CCc1ccc(N2C(=S)N[C@@H](c3ccccn3)[C@H]2c2ccc(-c3cc(Cl)ccc3C)o2)cc1. The fraction of sp³-hybridized carbons (Fsp3) is 0.185. The lowest BCUT2D eigenvalue weighted by Crippen LogP contribution is -2.29. The quantitative estimate of drug-likeness (QED) is 0.315. The highest BCUT2D eigenvalue weighted by Gasteiger charge is 2.42. The monoisotopic (exact) mass is 473 g/mol. The highest BCUT2D eigenvalue weighted by molar-refractivity contribution is 7.80. The number of anilines is 1. The number of halogens is 1. The molecule has 1 N–H and O–H groups in total. The summed E-state index contributed by atoms with van der Waals surface area (Å²) >= 11 is 12.1. The van der Waals surface area contributed by atoms with Gasteiger partial charge in [-0.05, 0) is 85.2 Å². The number of aryl methyl sites for hydroxylation is 2. The van der Waals surface area contributed by atoms with Crippen molar-refractivity contribution < 1.29 is 4.42 Å². The van der Waals surface area contributed by atoms with E-state index in [1.165, 1.54) is 5.56 Å². The highest BCUT2D eigenvalue weighted by Crippen LogP contribution is 2.43. The van der Waals surface area contributed by atoms with Crippen LogP contribution in [0.25, 0.3) is 11.3 Å². The number of rotatable bonds is 5. The molecule has 0 aliphatic carbocycles. The zero-order chi connectivity index (χ0) is 22.9. The lowest BCUT2D eigenvalue weighted by Gasteiger charge is -2.26. The van der Waals surface area contributed by atoms with Crippen LogP contribution in [0.4, 0.5) is 5.69 Å². The number of benzene rings is 2. The standard InChI is InChI=1S/C27H24ClN3OS/c1-3-18-8-11-20(12-9-18)31-26(25(30-27(31)33)22-6-4-5-15-29-22)24-14-13-23(32-24)21-16-19(28)10-7-17(21)2/h4-16,25-26H,3H2,1-2H3,(H,30,33)/t25-,26+/m0/s1. The van der Waals surface area contributed by atoms with Crippen LogP contribution < -0.4 is 10.2 Å². The van der Waals surface area contributed by atoms with Gasteiger partial charge in [-0.25, -0.2) is 0 Å². The normalized spacial score (nSPS) is 17.9. The minimum atomic E-state index is -0.187. The van der Waals surface area contributed by atoms with E-state index < -0.39 is 0 Å². The van der Waals surface area contributed by atoms with Crippen LogP contribution in [0.3, 0.4) is 0 Å². The molecular weight excluding hydrogens is 450 g/mol. The summed E-state index contributed by atoms with van der Waals surface area (Å²) in [6.45, 7) is 4.21. The predicted octanol–water partition coefficient (Wildman–Crippen LogP) is 7.04. The molecule has 0 saturated carbocycles. The summed E-state index contributed by atoms with van der Waals surface area (Å²) in [7, 11) is 0. The van der Waals surface area contributed by atoms with Crippen molar-refractivity contribution in [3.8, 4) is 11.3 Å². The summed E-state index contributed by atoms with van der Waals surface area (Å²) in [5.74, 6) is 1.59. The molecule has 5 rings (SSSR count). The first-order chi connectivity index (χ1) is 16.0. The van der Waals surface area contributed by atoms with Gasteiger partial charge in [0, 0.05) is 22.5 Å². The van der Waals surface area contributed by atoms with Crippen LogP contribution in [0, 0.1) is 6.92 Å². The van der Waals surface area contributed by atoms with Gasteiger partial charge >= 0.3 is 0 Å². The summed E-state index contributed by atoms with van der Waals surface area (Å²) in [4.78, 5) is 6.74. The summed E-state index contributed by atoms with van der Waals surface area (Å²) in [6.07, 6.45) is 2.79. The van der Waals surface area contributed by atoms with Gasteiger partial charge in [0.15, 0.2) is 5.11 Å². The van der Waals surface area contributed by atoms with Crippen molar-refractivity contribution in [3.63, 3.8) is 0 Å². The van der Waals surface area contributed by atoms with E-state index in [0.717, 1.165) is 40.4 Å². The van der Waals surface area contributed by atoms with Crippen molar-refractivity contribution in [2.45, 2.75) is 32.4 Å². The Morgan fingerprint density at radius 3 is 2.61 bits per heavy atom.